The summed E-state index contributed by atoms with van der Waals surface area (Å²) in [5, 5.41) is 7.71. The smallest absolute Gasteiger partial charge is 0.305 e. The van der Waals surface area contributed by atoms with Crippen molar-refractivity contribution in [3.63, 3.8) is 0 Å². The van der Waals surface area contributed by atoms with E-state index in [0.29, 0.717) is 6.61 Å². The summed E-state index contributed by atoms with van der Waals surface area (Å²) in [7, 11) is 0. The Hall–Kier alpha value is -1.44. The Morgan fingerprint density at radius 1 is 1.59 bits per heavy atom. The number of nitrogens with one attached hydrogen (secondary N) is 1. The third kappa shape index (κ3) is 2.17. The van der Waals surface area contributed by atoms with Gasteiger partial charge in [-0.3, -0.25) is 13.5 Å². The Bertz CT molecular complexity index is 556. The van der Waals surface area contributed by atoms with Crippen molar-refractivity contribution in [2.75, 3.05) is 13.2 Å². The van der Waals surface area contributed by atoms with E-state index >= 15 is 0 Å². The minimum atomic E-state index is -1.63. The van der Waals surface area contributed by atoms with Gasteiger partial charge in [0.25, 0.3) is 0 Å². The lowest BCUT2D eigenvalue weighted by Gasteiger charge is -2.09. The molecule has 2 atom stereocenters. The van der Waals surface area contributed by atoms with E-state index in [9.17, 15) is 4.21 Å². The van der Waals surface area contributed by atoms with E-state index in [-0.39, 0.29) is 12.7 Å². The molecule has 2 aromatic rings. The van der Waals surface area contributed by atoms with Crippen molar-refractivity contribution in [3.8, 4) is 5.75 Å². The van der Waals surface area contributed by atoms with Gasteiger partial charge in [0.15, 0.2) is 0 Å². The first-order valence-corrected chi connectivity index (χ1v) is 6.10. The van der Waals surface area contributed by atoms with Crippen LogP contribution in [0.1, 0.15) is 0 Å². The van der Waals surface area contributed by atoms with Gasteiger partial charge in [0.2, 0.25) is 0 Å². The predicted octanol–water partition coefficient (Wildman–Crippen LogP) is 0.936. The van der Waals surface area contributed by atoms with Gasteiger partial charge in [0.05, 0.1) is 23.7 Å². The number of hydrogen-bond acceptors (Lipinski definition) is 5. The summed E-state index contributed by atoms with van der Waals surface area (Å²) < 4.78 is 26.2. The van der Waals surface area contributed by atoms with Crippen molar-refractivity contribution in [2.24, 2.45) is 0 Å². The van der Waals surface area contributed by atoms with E-state index in [0.717, 1.165) is 16.7 Å². The topological polar surface area (TPSA) is 73.4 Å². The standard InChI is InChI=1S/C10H10N2O4S/c13-17-15-6-7(16-17)5-14-10-3-1-2-9-8(10)4-11-12-9/h1-4,7H,5-6H2,(H,11,12)/t7-,17?/m1/s1. The van der Waals surface area contributed by atoms with Gasteiger partial charge >= 0.3 is 11.4 Å². The molecule has 1 N–H and O–H groups in total. The first-order chi connectivity index (χ1) is 8.33. The Morgan fingerprint density at radius 3 is 3.35 bits per heavy atom. The zero-order valence-electron chi connectivity index (χ0n) is 8.79. The lowest BCUT2D eigenvalue weighted by Crippen LogP contribution is -2.19. The van der Waals surface area contributed by atoms with Crippen LogP contribution in [0.3, 0.4) is 0 Å². The highest BCUT2D eigenvalue weighted by molar-refractivity contribution is 7.75. The molecular weight excluding hydrogens is 244 g/mol. The van der Waals surface area contributed by atoms with Gasteiger partial charge < -0.3 is 4.74 Å². The predicted molar refractivity (Wildman–Crippen MR) is 60.6 cm³/mol. The van der Waals surface area contributed by atoms with Crippen molar-refractivity contribution in [2.45, 2.75) is 6.10 Å². The molecule has 1 saturated heterocycles. The minimum Gasteiger partial charge on any atom is -0.490 e. The summed E-state index contributed by atoms with van der Waals surface area (Å²) in [5.74, 6) is 0.720. The number of aromatic amines is 1. The molecule has 0 bridgehead atoms. The molecule has 90 valence electrons. The van der Waals surface area contributed by atoms with Gasteiger partial charge in [-0.15, -0.1) is 0 Å². The third-order valence-electron chi connectivity index (χ3n) is 2.43. The van der Waals surface area contributed by atoms with Gasteiger partial charge in [-0.05, 0) is 12.1 Å². The summed E-state index contributed by atoms with van der Waals surface area (Å²) in [6.45, 7) is 0.587. The number of ether oxygens (including phenoxy) is 1. The molecule has 0 spiro atoms. The Balaban J connectivity index is 1.72. The fourth-order valence-electron chi connectivity index (χ4n) is 1.62. The summed E-state index contributed by atoms with van der Waals surface area (Å²) in [6.07, 6.45) is 1.41. The highest BCUT2D eigenvalue weighted by atomic mass is 32.2. The first kappa shape index (κ1) is 10.7. The number of H-pyrrole nitrogens is 1. The van der Waals surface area contributed by atoms with Crippen LogP contribution in [0.4, 0.5) is 0 Å². The molecule has 0 radical (unpaired) electrons. The average Bonchev–Trinajstić information content (AvgIpc) is 2.94. The average molecular weight is 254 g/mol. The van der Waals surface area contributed by atoms with Gasteiger partial charge in [-0.25, -0.2) is 0 Å². The second-order valence-corrected chi connectivity index (χ2v) is 4.44. The molecule has 6 nitrogen and oxygen atoms in total. The van der Waals surface area contributed by atoms with Crippen LogP contribution in [0.5, 0.6) is 5.75 Å². The van der Waals surface area contributed by atoms with E-state index in [4.69, 9.17) is 13.1 Å². The maximum Gasteiger partial charge on any atom is 0.305 e. The van der Waals surface area contributed by atoms with E-state index in [1.807, 2.05) is 18.2 Å². The fraction of sp³-hybridized carbons (Fsp3) is 0.300. The third-order valence-corrected chi connectivity index (χ3v) is 3.19. The van der Waals surface area contributed by atoms with E-state index < -0.39 is 11.4 Å². The number of benzene rings is 1. The molecule has 2 heterocycles. The maximum absolute atomic E-state index is 10.8. The number of rotatable bonds is 3. The number of aromatic nitrogens is 2. The number of hydrogen-bond donors (Lipinski definition) is 1. The number of fused-ring (bicyclic) bond motifs is 1. The molecule has 17 heavy (non-hydrogen) atoms. The normalized spacial score (nSPS) is 24.2. The summed E-state index contributed by atoms with van der Waals surface area (Å²) in [6, 6.07) is 5.64. The van der Waals surface area contributed by atoms with Crippen LogP contribution in [-0.4, -0.2) is 33.7 Å². The van der Waals surface area contributed by atoms with E-state index in [2.05, 4.69) is 10.2 Å². The first-order valence-electron chi connectivity index (χ1n) is 5.10. The molecule has 0 amide bonds. The van der Waals surface area contributed by atoms with Crippen LogP contribution in [0.2, 0.25) is 0 Å². The Kier molecular flexibility index (Phi) is 2.79. The van der Waals surface area contributed by atoms with Crippen molar-refractivity contribution >= 4 is 22.3 Å². The van der Waals surface area contributed by atoms with Crippen LogP contribution in [0.15, 0.2) is 24.4 Å². The van der Waals surface area contributed by atoms with Gasteiger partial charge in [-0.1, -0.05) is 6.07 Å². The SMILES string of the molecule is O=S1OC[C@@H](COc2cccc3[nH]ncc23)O1. The van der Waals surface area contributed by atoms with Crippen LogP contribution in [-0.2, 0) is 19.7 Å². The second-order valence-electron chi connectivity index (χ2n) is 3.61. The number of nitrogens with zero attached hydrogens (tertiary/aromatic N) is 1. The molecule has 1 unspecified atom stereocenters. The molecule has 1 aromatic carbocycles. The van der Waals surface area contributed by atoms with Gasteiger partial charge in [-0.2, -0.15) is 9.31 Å². The second kappa shape index (κ2) is 4.44. The molecule has 1 fully saturated rings. The zero-order chi connectivity index (χ0) is 11.7. The molecule has 1 aliphatic heterocycles. The lowest BCUT2D eigenvalue weighted by atomic mass is 10.2. The molecule has 7 heteroatoms. The van der Waals surface area contributed by atoms with Crippen LogP contribution >= 0.6 is 0 Å². The summed E-state index contributed by atoms with van der Waals surface area (Å²) in [4.78, 5) is 0. The minimum absolute atomic E-state index is 0.286. The van der Waals surface area contributed by atoms with Crippen LogP contribution < -0.4 is 4.74 Å². The molecular formula is C10H10N2O4S. The monoisotopic (exact) mass is 254 g/mol. The maximum atomic E-state index is 10.8. The van der Waals surface area contributed by atoms with Crippen molar-refractivity contribution < 1.29 is 17.3 Å². The summed E-state index contributed by atoms with van der Waals surface area (Å²) in [5.41, 5.74) is 0.912. The highest BCUT2D eigenvalue weighted by Crippen LogP contribution is 2.24. The summed E-state index contributed by atoms with van der Waals surface area (Å²) >= 11 is -1.63. The molecule has 3 rings (SSSR count). The Labute approximate surface area is 99.7 Å². The van der Waals surface area contributed by atoms with Crippen molar-refractivity contribution in [1.82, 2.24) is 10.2 Å². The molecule has 0 aliphatic carbocycles. The van der Waals surface area contributed by atoms with E-state index in [1.165, 1.54) is 0 Å². The van der Waals surface area contributed by atoms with Crippen molar-refractivity contribution in [3.05, 3.63) is 24.4 Å². The van der Waals surface area contributed by atoms with Crippen LogP contribution in [0.25, 0.3) is 10.9 Å². The Morgan fingerprint density at radius 2 is 2.53 bits per heavy atom. The van der Waals surface area contributed by atoms with Crippen molar-refractivity contribution in [1.29, 1.82) is 0 Å². The largest absolute Gasteiger partial charge is 0.490 e. The van der Waals surface area contributed by atoms with Gasteiger partial charge in [0, 0.05) is 0 Å². The zero-order valence-corrected chi connectivity index (χ0v) is 9.61. The van der Waals surface area contributed by atoms with E-state index in [1.54, 1.807) is 6.20 Å². The highest BCUT2D eigenvalue weighted by Gasteiger charge is 2.24. The molecule has 1 aromatic heterocycles. The van der Waals surface area contributed by atoms with Gasteiger partial charge in [0.1, 0.15) is 18.5 Å². The molecule has 1 aliphatic rings. The molecule has 0 saturated carbocycles. The lowest BCUT2D eigenvalue weighted by molar-refractivity contribution is 0.152. The van der Waals surface area contributed by atoms with Crippen LogP contribution in [0, 0.1) is 0 Å². The fourth-order valence-corrected chi connectivity index (χ4v) is 2.28. The quantitative estimate of drug-likeness (QED) is 0.882.